The molecule has 0 atom stereocenters. The number of carbonyl (C=O) groups excluding carboxylic acids is 1. The van der Waals surface area contributed by atoms with Crippen LogP contribution < -0.4 is 15.8 Å². The quantitative estimate of drug-likeness (QED) is 0.542. The zero-order valence-corrected chi connectivity index (χ0v) is 13.1. The normalized spacial score (nSPS) is 10.7. The van der Waals surface area contributed by atoms with Crippen molar-refractivity contribution in [3.8, 4) is 5.75 Å². The standard InChI is InChI=1S/C16H26N2O3/c1-4-20-14-9-7-8-13(17)15(14)16(19)18-10-5-6-11-21-12(2)3/h7-9,12H,4-6,10-11,17H2,1-3H3,(H,18,19). The van der Waals surface area contributed by atoms with Gasteiger partial charge in [0.25, 0.3) is 5.91 Å². The minimum atomic E-state index is -0.193. The van der Waals surface area contributed by atoms with Crippen LogP contribution in [0, 0.1) is 0 Å². The first-order chi connectivity index (χ1) is 10.1. The number of amides is 1. The molecule has 0 heterocycles. The number of nitrogens with two attached hydrogens (primary N) is 1. The summed E-state index contributed by atoms with van der Waals surface area (Å²) < 4.78 is 10.9. The van der Waals surface area contributed by atoms with Gasteiger partial charge < -0.3 is 20.5 Å². The number of benzene rings is 1. The van der Waals surface area contributed by atoms with E-state index in [1.54, 1.807) is 18.2 Å². The van der Waals surface area contributed by atoms with Crippen molar-refractivity contribution in [3.63, 3.8) is 0 Å². The van der Waals surface area contributed by atoms with Gasteiger partial charge in [0.05, 0.1) is 12.7 Å². The average molecular weight is 294 g/mol. The Bertz CT molecular complexity index is 447. The highest BCUT2D eigenvalue weighted by Gasteiger charge is 2.15. The Morgan fingerprint density at radius 3 is 2.76 bits per heavy atom. The van der Waals surface area contributed by atoms with Gasteiger partial charge in [-0.1, -0.05) is 6.07 Å². The molecule has 0 fully saturated rings. The van der Waals surface area contributed by atoms with Gasteiger partial charge in [0.1, 0.15) is 11.3 Å². The van der Waals surface area contributed by atoms with Crippen molar-refractivity contribution in [2.24, 2.45) is 0 Å². The molecular formula is C16H26N2O3. The van der Waals surface area contributed by atoms with E-state index in [1.165, 1.54) is 0 Å². The van der Waals surface area contributed by atoms with Crippen LogP contribution in [-0.2, 0) is 4.74 Å². The fourth-order valence-corrected chi connectivity index (χ4v) is 1.90. The summed E-state index contributed by atoms with van der Waals surface area (Å²) in [4.78, 5) is 12.2. The number of nitrogen functional groups attached to an aromatic ring is 1. The van der Waals surface area contributed by atoms with E-state index < -0.39 is 0 Å². The summed E-state index contributed by atoms with van der Waals surface area (Å²) >= 11 is 0. The summed E-state index contributed by atoms with van der Waals surface area (Å²) in [6.45, 7) is 7.70. The van der Waals surface area contributed by atoms with Gasteiger partial charge in [-0.2, -0.15) is 0 Å². The van der Waals surface area contributed by atoms with E-state index in [9.17, 15) is 4.79 Å². The molecule has 0 saturated carbocycles. The predicted molar refractivity (Wildman–Crippen MR) is 84.7 cm³/mol. The molecule has 118 valence electrons. The molecule has 1 aromatic carbocycles. The van der Waals surface area contributed by atoms with Gasteiger partial charge in [-0.3, -0.25) is 4.79 Å². The molecule has 0 aromatic heterocycles. The molecule has 1 amide bonds. The number of unbranched alkanes of at least 4 members (excludes halogenated alkanes) is 1. The lowest BCUT2D eigenvalue weighted by Gasteiger charge is -2.13. The van der Waals surface area contributed by atoms with Crippen LogP contribution in [0.25, 0.3) is 0 Å². The second kappa shape index (κ2) is 9.23. The smallest absolute Gasteiger partial charge is 0.257 e. The van der Waals surface area contributed by atoms with E-state index in [4.69, 9.17) is 15.2 Å². The Balaban J connectivity index is 2.45. The van der Waals surface area contributed by atoms with Crippen molar-refractivity contribution < 1.29 is 14.3 Å². The van der Waals surface area contributed by atoms with E-state index in [-0.39, 0.29) is 12.0 Å². The molecule has 1 aromatic rings. The van der Waals surface area contributed by atoms with Crippen LogP contribution in [0.4, 0.5) is 5.69 Å². The SMILES string of the molecule is CCOc1cccc(N)c1C(=O)NCCCCOC(C)C. The van der Waals surface area contributed by atoms with Crippen LogP contribution in [0.15, 0.2) is 18.2 Å². The van der Waals surface area contributed by atoms with Gasteiger partial charge in [-0.15, -0.1) is 0 Å². The van der Waals surface area contributed by atoms with Gasteiger partial charge >= 0.3 is 0 Å². The zero-order chi connectivity index (χ0) is 15.7. The van der Waals surface area contributed by atoms with Gasteiger partial charge in [0, 0.05) is 18.8 Å². The van der Waals surface area contributed by atoms with Crippen LogP contribution in [0.3, 0.4) is 0 Å². The molecule has 21 heavy (non-hydrogen) atoms. The van der Waals surface area contributed by atoms with Crippen LogP contribution in [0.5, 0.6) is 5.75 Å². The van der Waals surface area contributed by atoms with Crippen molar-refractivity contribution >= 4 is 11.6 Å². The molecule has 0 unspecified atom stereocenters. The monoisotopic (exact) mass is 294 g/mol. The summed E-state index contributed by atoms with van der Waals surface area (Å²) in [5, 5.41) is 2.87. The van der Waals surface area contributed by atoms with Crippen LogP contribution >= 0.6 is 0 Å². The highest BCUT2D eigenvalue weighted by atomic mass is 16.5. The number of hydrogen-bond acceptors (Lipinski definition) is 4. The minimum absolute atomic E-state index is 0.193. The van der Waals surface area contributed by atoms with Crippen LogP contribution in [-0.4, -0.2) is 31.8 Å². The van der Waals surface area contributed by atoms with Crippen molar-refractivity contribution in [2.45, 2.75) is 39.7 Å². The second-order valence-electron chi connectivity index (χ2n) is 5.04. The van der Waals surface area contributed by atoms with Crippen molar-refractivity contribution in [1.82, 2.24) is 5.32 Å². The van der Waals surface area contributed by atoms with E-state index in [1.807, 2.05) is 20.8 Å². The van der Waals surface area contributed by atoms with Crippen LogP contribution in [0.1, 0.15) is 44.0 Å². The summed E-state index contributed by atoms with van der Waals surface area (Å²) in [6, 6.07) is 5.24. The molecular weight excluding hydrogens is 268 g/mol. The van der Waals surface area contributed by atoms with E-state index >= 15 is 0 Å². The topological polar surface area (TPSA) is 73.6 Å². The molecule has 0 saturated heterocycles. The largest absolute Gasteiger partial charge is 0.493 e. The molecule has 0 bridgehead atoms. The number of anilines is 1. The first-order valence-electron chi connectivity index (χ1n) is 7.47. The second-order valence-corrected chi connectivity index (χ2v) is 5.04. The van der Waals surface area contributed by atoms with Gasteiger partial charge in [-0.05, 0) is 45.7 Å². The van der Waals surface area contributed by atoms with Crippen molar-refractivity contribution in [1.29, 1.82) is 0 Å². The number of carbonyl (C=O) groups is 1. The maximum Gasteiger partial charge on any atom is 0.257 e. The Morgan fingerprint density at radius 1 is 1.33 bits per heavy atom. The molecule has 0 aliphatic rings. The lowest BCUT2D eigenvalue weighted by Crippen LogP contribution is -2.26. The Morgan fingerprint density at radius 2 is 2.10 bits per heavy atom. The third-order valence-corrected chi connectivity index (χ3v) is 2.89. The fraction of sp³-hybridized carbons (Fsp3) is 0.562. The van der Waals surface area contributed by atoms with Crippen LogP contribution in [0.2, 0.25) is 0 Å². The third-order valence-electron chi connectivity index (χ3n) is 2.89. The number of rotatable bonds is 9. The fourth-order valence-electron chi connectivity index (χ4n) is 1.90. The van der Waals surface area contributed by atoms with Crippen molar-refractivity contribution in [3.05, 3.63) is 23.8 Å². The summed E-state index contributed by atoms with van der Waals surface area (Å²) in [6.07, 6.45) is 2.04. The number of ether oxygens (including phenoxy) is 2. The molecule has 5 nitrogen and oxygen atoms in total. The highest BCUT2D eigenvalue weighted by molar-refractivity contribution is 6.01. The number of hydrogen-bond donors (Lipinski definition) is 2. The zero-order valence-electron chi connectivity index (χ0n) is 13.1. The van der Waals surface area contributed by atoms with Gasteiger partial charge in [0.2, 0.25) is 0 Å². The third kappa shape index (κ3) is 6.04. The Kier molecular flexibility index (Phi) is 7.61. The van der Waals surface area contributed by atoms with Crippen molar-refractivity contribution in [2.75, 3.05) is 25.5 Å². The molecule has 5 heteroatoms. The average Bonchev–Trinajstić information content (AvgIpc) is 2.42. The summed E-state index contributed by atoms with van der Waals surface area (Å²) in [5.74, 6) is 0.333. The van der Waals surface area contributed by atoms with E-state index in [2.05, 4.69) is 5.32 Å². The molecule has 0 aliphatic heterocycles. The number of nitrogens with one attached hydrogen (secondary N) is 1. The highest BCUT2D eigenvalue weighted by Crippen LogP contribution is 2.24. The first kappa shape index (κ1) is 17.3. The lowest BCUT2D eigenvalue weighted by atomic mass is 10.1. The predicted octanol–water partition coefficient (Wildman–Crippen LogP) is 2.60. The molecule has 0 radical (unpaired) electrons. The molecule has 0 spiro atoms. The maximum atomic E-state index is 12.2. The molecule has 0 aliphatic carbocycles. The lowest BCUT2D eigenvalue weighted by molar-refractivity contribution is 0.0754. The Labute approximate surface area is 126 Å². The molecule has 3 N–H and O–H groups in total. The van der Waals surface area contributed by atoms with E-state index in [0.29, 0.717) is 36.8 Å². The van der Waals surface area contributed by atoms with Gasteiger partial charge in [-0.25, -0.2) is 0 Å². The first-order valence-corrected chi connectivity index (χ1v) is 7.47. The molecule has 1 rings (SSSR count). The van der Waals surface area contributed by atoms with Gasteiger partial charge in [0.15, 0.2) is 0 Å². The minimum Gasteiger partial charge on any atom is -0.493 e. The summed E-state index contributed by atoms with van der Waals surface area (Å²) in [7, 11) is 0. The Hall–Kier alpha value is -1.75. The maximum absolute atomic E-state index is 12.2. The summed E-state index contributed by atoms with van der Waals surface area (Å²) in [5.41, 5.74) is 6.72. The van der Waals surface area contributed by atoms with E-state index in [0.717, 1.165) is 12.8 Å².